The van der Waals surface area contributed by atoms with E-state index in [4.69, 9.17) is 31.1 Å². The zero-order chi connectivity index (χ0) is 29.5. The first-order valence-corrected chi connectivity index (χ1v) is 13.9. The van der Waals surface area contributed by atoms with Gasteiger partial charge in [0.25, 0.3) is 6.47 Å². The Morgan fingerprint density at radius 3 is 1.63 bits per heavy atom. The van der Waals surface area contributed by atoms with E-state index in [9.17, 15) is 0 Å². The van der Waals surface area contributed by atoms with Crippen molar-refractivity contribution in [2.24, 2.45) is 0 Å². The van der Waals surface area contributed by atoms with Gasteiger partial charge in [-0.05, 0) is 66.5 Å². The summed E-state index contributed by atoms with van der Waals surface area (Å²) in [6.07, 6.45) is 0.858. The monoisotopic (exact) mass is 642 g/mol. The Hall–Kier alpha value is 1.27. The molecule has 2 aromatic carbocycles. The van der Waals surface area contributed by atoms with Crippen LogP contribution in [0.25, 0.3) is 0 Å². The van der Waals surface area contributed by atoms with E-state index < -0.39 is 0 Å². The third-order valence-corrected chi connectivity index (χ3v) is 6.17. The first-order valence-electron chi connectivity index (χ1n) is 13.4. The Kier molecular flexibility index (Phi) is 25.5. The van der Waals surface area contributed by atoms with Gasteiger partial charge in [-0.1, -0.05) is 59.7 Å². The zero-order valence-electron chi connectivity index (χ0n) is 28.0. The molecule has 4 rings (SSSR count). The normalized spacial score (nSPS) is 16.6. The van der Waals surface area contributed by atoms with Crippen LogP contribution in [0.5, 0.6) is 0 Å². The summed E-state index contributed by atoms with van der Waals surface area (Å²) in [6.45, 7) is 22.2. The van der Waals surface area contributed by atoms with E-state index in [1.165, 1.54) is 22.3 Å². The molecular formula is C31H49ClK2N2O5. The predicted molar refractivity (Wildman–Crippen MR) is 158 cm³/mol. The van der Waals surface area contributed by atoms with Gasteiger partial charge >= 0.3 is 103 Å². The smallest absolute Gasteiger partial charge is 1.00 e. The number of hydrogen-bond donors (Lipinski definition) is 1. The summed E-state index contributed by atoms with van der Waals surface area (Å²) >= 11 is 5.27. The van der Waals surface area contributed by atoms with Gasteiger partial charge in [0.2, 0.25) is 0 Å². The van der Waals surface area contributed by atoms with Gasteiger partial charge < -0.3 is 26.4 Å². The molecule has 0 aromatic heterocycles. The molecule has 0 radical (unpaired) electrons. The van der Waals surface area contributed by atoms with Crippen molar-refractivity contribution in [2.45, 2.75) is 91.8 Å². The van der Waals surface area contributed by atoms with Gasteiger partial charge in [-0.2, -0.15) is 0 Å². The van der Waals surface area contributed by atoms with Crippen LogP contribution in [0, 0.1) is 13.8 Å². The number of alkyl halides is 1. The van der Waals surface area contributed by atoms with Gasteiger partial charge in [0, 0.05) is 30.7 Å². The Balaban J connectivity index is -0.000000539. The molecule has 2 unspecified atom stereocenters. The first kappa shape index (κ1) is 44.4. The number of nitrogens with zero attached hydrogens (tertiary/aromatic N) is 1. The van der Waals surface area contributed by atoms with Gasteiger partial charge in [-0.15, -0.1) is 11.6 Å². The second kappa shape index (κ2) is 23.6. The summed E-state index contributed by atoms with van der Waals surface area (Å²) in [5, 5.41) is 11.9. The fourth-order valence-electron chi connectivity index (χ4n) is 3.14. The van der Waals surface area contributed by atoms with Crippen molar-refractivity contribution in [3.8, 4) is 0 Å². The van der Waals surface area contributed by atoms with E-state index in [2.05, 4.69) is 119 Å². The van der Waals surface area contributed by atoms with E-state index >= 15 is 0 Å². The van der Waals surface area contributed by atoms with Gasteiger partial charge in [0.05, 0.1) is 31.3 Å². The third kappa shape index (κ3) is 25.2. The first-order chi connectivity index (χ1) is 18.3. The standard InChI is InChI=1S/C15H23NO.C12H19N.C3H5ClO.CH2O3.2K.H/c1-12-5-7-13(8-6-12)9-16(15(2,3)4)10-14-11-17-14;1-10-5-7-11(8-6-10)9-13-12(2,3)4;4-1-3-2-5-3;2-1-4-3;;;/h5-8,14H,9-11H2,1-4H3;5-8,13H,9H2,1-4H3;3H,1-2H2;1,3H;;;/q;;;;2*+1;-1/p-1. The number of rotatable bonds is 8. The van der Waals surface area contributed by atoms with Gasteiger partial charge in [-0.25, -0.2) is 0 Å². The number of epoxide rings is 2. The molecule has 2 saturated heterocycles. The molecule has 0 saturated carbocycles. The van der Waals surface area contributed by atoms with E-state index in [0.29, 0.717) is 18.1 Å². The Bertz CT molecular complexity index is 934. The molecule has 2 aliphatic rings. The topological polar surface area (TPSA) is 89.7 Å². The maximum atomic E-state index is 8.64. The molecule has 2 heterocycles. The molecule has 222 valence electrons. The molecule has 0 aliphatic carbocycles. The van der Waals surface area contributed by atoms with Gasteiger partial charge in [-0.3, -0.25) is 9.69 Å². The summed E-state index contributed by atoms with van der Waals surface area (Å²) in [5.74, 6) is 0.667. The van der Waals surface area contributed by atoms with Crippen molar-refractivity contribution in [1.82, 2.24) is 10.2 Å². The molecule has 0 amide bonds. The van der Waals surface area contributed by atoms with Crippen molar-refractivity contribution in [2.75, 3.05) is 25.6 Å². The van der Waals surface area contributed by atoms with E-state index in [-0.39, 0.29) is 122 Å². The van der Waals surface area contributed by atoms with Crippen molar-refractivity contribution in [3.63, 3.8) is 0 Å². The summed E-state index contributed by atoms with van der Waals surface area (Å²) < 4.78 is 10.1. The summed E-state index contributed by atoms with van der Waals surface area (Å²) in [5.41, 5.74) is 5.76. The summed E-state index contributed by atoms with van der Waals surface area (Å²) in [4.78, 5) is 13.7. The number of nitrogens with one attached hydrogen (secondary N) is 1. The molecule has 10 heteroatoms. The molecule has 0 spiro atoms. The molecule has 2 fully saturated rings. The minimum Gasteiger partial charge on any atom is -1.00 e. The van der Waals surface area contributed by atoms with Crippen LogP contribution in [0.2, 0.25) is 0 Å². The Morgan fingerprint density at radius 2 is 1.34 bits per heavy atom. The number of ether oxygens (including phenoxy) is 2. The molecule has 0 bridgehead atoms. The van der Waals surface area contributed by atoms with Crippen molar-refractivity contribution in [1.29, 1.82) is 0 Å². The quantitative estimate of drug-likeness (QED) is 0.0993. The van der Waals surface area contributed by atoms with E-state index in [1.807, 2.05) is 0 Å². The number of benzene rings is 2. The van der Waals surface area contributed by atoms with E-state index in [1.54, 1.807) is 0 Å². The number of carbonyl (C=O) groups excluding carboxylic acids is 1. The number of carbonyl (C=O) groups is 1. The molecule has 41 heavy (non-hydrogen) atoms. The molecular weight excluding hydrogens is 594 g/mol. The van der Waals surface area contributed by atoms with Crippen LogP contribution in [-0.4, -0.2) is 60.3 Å². The number of halogens is 1. The second-order valence-electron chi connectivity index (χ2n) is 11.9. The zero-order valence-corrected chi connectivity index (χ0v) is 34.0. The van der Waals surface area contributed by atoms with Crippen LogP contribution in [0.3, 0.4) is 0 Å². The molecule has 7 nitrogen and oxygen atoms in total. The summed E-state index contributed by atoms with van der Waals surface area (Å²) in [6, 6.07) is 17.5. The molecule has 1 N–H and O–H groups in total. The predicted octanol–water partition coefficient (Wildman–Crippen LogP) is -0.943. The fourth-order valence-corrected chi connectivity index (χ4v) is 3.32. The average molecular weight is 643 g/mol. The Morgan fingerprint density at radius 1 is 0.927 bits per heavy atom. The van der Waals surface area contributed by atoms with Gasteiger partial charge in [0.15, 0.2) is 0 Å². The van der Waals surface area contributed by atoms with Crippen LogP contribution in [-0.2, 0) is 32.2 Å². The minimum absolute atomic E-state index is 0. The third-order valence-electron chi connectivity index (χ3n) is 5.83. The molecule has 2 aromatic rings. The average Bonchev–Trinajstić information content (AvgIpc) is 3.80. The van der Waals surface area contributed by atoms with Crippen LogP contribution in [0.15, 0.2) is 48.5 Å². The van der Waals surface area contributed by atoms with Crippen LogP contribution < -0.4 is 113 Å². The maximum absolute atomic E-state index is 8.64. The second-order valence-corrected chi connectivity index (χ2v) is 12.2. The van der Waals surface area contributed by atoms with Crippen LogP contribution in [0.4, 0.5) is 0 Å². The SMILES string of the molecule is Cc1ccc(CN(CC2CO2)C(C)(C)C)cc1.Cc1ccc(CNC(C)(C)C)cc1.ClCC1CO1.O=CO[O-].[H-].[K+].[K+]. The number of aryl methyl sites for hydroxylation is 2. The minimum atomic E-state index is -0.181. The maximum Gasteiger partial charge on any atom is 1.00 e. The largest absolute Gasteiger partial charge is 1.00 e. The van der Waals surface area contributed by atoms with Crippen molar-refractivity contribution < 1.29 is 129 Å². The van der Waals surface area contributed by atoms with Crippen LogP contribution >= 0.6 is 11.6 Å². The van der Waals surface area contributed by atoms with E-state index in [0.717, 1.165) is 32.8 Å². The molecule has 2 aliphatic heterocycles. The number of hydrogen-bond acceptors (Lipinski definition) is 7. The van der Waals surface area contributed by atoms with Crippen LogP contribution in [0.1, 0.15) is 65.2 Å². The van der Waals surface area contributed by atoms with Crippen molar-refractivity contribution >= 4 is 18.1 Å². The fraction of sp³-hybridized carbons (Fsp3) is 0.581. The summed E-state index contributed by atoms with van der Waals surface area (Å²) in [7, 11) is 0. The van der Waals surface area contributed by atoms with Crippen molar-refractivity contribution in [3.05, 3.63) is 70.8 Å². The molecule has 2 atom stereocenters. The Labute approximate surface area is 340 Å². The van der Waals surface area contributed by atoms with Gasteiger partial charge in [0.1, 0.15) is 0 Å².